The van der Waals surface area contributed by atoms with Crippen molar-refractivity contribution in [3.63, 3.8) is 0 Å². The van der Waals surface area contributed by atoms with Crippen LogP contribution >= 0.6 is 0 Å². The summed E-state index contributed by atoms with van der Waals surface area (Å²) in [4.78, 5) is 12.0. The van der Waals surface area contributed by atoms with E-state index in [1.807, 2.05) is 84.9 Å². The van der Waals surface area contributed by atoms with Crippen LogP contribution in [0.15, 0.2) is 84.9 Å². The van der Waals surface area contributed by atoms with Crippen LogP contribution in [0.2, 0.25) is 0 Å². The molecule has 1 amide bonds. The summed E-state index contributed by atoms with van der Waals surface area (Å²) >= 11 is 0. The summed E-state index contributed by atoms with van der Waals surface area (Å²) in [6.45, 7) is 2.47. The number of benzene rings is 3. The normalized spacial score (nSPS) is 23.1. The molecule has 1 saturated heterocycles. The summed E-state index contributed by atoms with van der Waals surface area (Å²) in [7, 11) is 1.62. The molecule has 1 heterocycles. The van der Waals surface area contributed by atoms with E-state index >= 15 is 0 Å². The maximum atomic E-state index is 12.0. The summed E-state index contributed by atoms with van der Waals surface area (Å²) in [5, 5.41) is 13.7. The van der Waals surface area contributed by atoms with Crippen molar-refractivity contribution in [2.24, 2.45) is 0 Å². The predicted molar refractivity (Wildman–Crippen MR) is 141 cm³/mol. The highest BCUT2D eigenvalue weighted by atomic mass is 16.7. The maximum Gasteiger partial charge on any atom is 0.217 e. The van der Waals surface area contributed by atoms with Gasteiger partial charge in [-0.15, -0.1) is 0 Å². The van der Waals surface area contributed by atoms with E-state index in [9.17, 15) is 9.90 Å². The van der Waals surface area contributed by atoms with E-state index in [4.69, 9.17) is 23.7 Å². The van der Waals surface area contributed by atoms with Crippen LogP contribution in [0, 0.1) is 0 Å². The minimum Gasteiger partial charge on any atom is -0.497 e. The Kier molecular flexibility index (Phi) is 10.3. The first kappa shape index (κ1) is 27.8. The summed E-state index contributed by atoms with van der Waals surface area (Å²) in [5.74, 6) is 0.464. The zero-order chi connectivity index (χ0) is 26.7. The fraction of sp³-hybridized carbons (Fsp3) is 0.367. The van der Waals surface area contributed by atoms with Crippen LogP contribution in [0.25, 0.3) is 0 Å². The fourth-order valence-corrected chi connectivity index (χ4v) is 4.39. The second-order valence-electron chi connectivity index (χ2n) is 9.18. The van der Waals surface area contributed by atoms with E-state index in [1.165, 1.54) is 6.92 Å². The number of carbonyl (C=O) groups is 1. The third kappa shape index (κ3) is 7.86. The van der Waals surface area contributed by atoms with E-state index in [0.29, 0.717) is 13.2 Å². The SMILES string of the molecule is COc1ccc(COC[C@H]2O[C@H](O)[C@H](NC(C)=O)[C@@H](OCc3ccccc3)[C@@H]2OCc2ccccc2)cc1. The predicted octanol–water partition coefficient (Wildman–Crippen LogP) is 3.60. The van der Waals surface area contributed by atoms with Crippen molar-refractivity contribution in [2.45, 2.75) is 57.4 Å². The van der Waals surface area contributed by atoms with E-state index in [-0.39, 0.29) is 19.1 Å². The number of ether oxygens (including phenoxy) is 5. The lowest BCUT2D eigenvalue weighted by Crippen LogP contribution is -2.65. The van der Waals surface area contributed by atoms with Crippen molar-refractivity contribution in [3.05, 3.63) is 102 Å². The zero-order valence-corrected chi connectivity index (χ0v) is 21.7. The van der Waals surface area contributed by atoms with Gasteiger partial charge in [-0.1, -0.05) is 72.8 Å². The topological polar surface area (TPSA) is 95.5 Å². The molecule has 2 N–H and O–H groups in total. The smallest absolute Gasteiger partial charge is 0.217 e. The molecule has 0 radical (unpaired) electrons. The fourth-order valence-electron chi connectivity index (χ4n) is 4.39. The summed E-state index contributed by atoms with van der Waals surface area (Å²) in [6.07, 6.45) is -3.26. The molecule has 0 bridgehead atoms. The number of aliphatic hydroxyl groups is 1. The third-order valence-electron chi connectivity index (χ3n) is 6.32. The molecular weight excluding hydrogens is 486 g/mol. The molecule has 1 aliphatic rings. The van der Waals surface area contributed by atoms with Crippen molar-refractivity contribution in [1.82, 2.24) is 5.32 Å². The molecule has 8 heteroatoms. The van der Waals surface area contributed by atoms with E-state index in [0.717, 1.165) is 22.4 Å². The molecule has 0 aromatic heterocycles. The van der Waals surface area contributed by atoms with Crippen LogP contribution in [0.3, 0.4) is 0 Å². The van der Waals surface area contributed by atoms with Crippen LogP contribution in [0.5, 0.6) is 5.75 Å². The van der Waals surface area contributed by atoms with E-state index < -0.39 is 30.6 Å². The Hall–Kier alpha value is -3.27. The molecule has 5 atom stereocenters. The van der Waals surface area contributed by atoms with Crippen LogP contribution in [-0.4, -0.2) is 55.4 Å². The number of methoxy groups -OCH3 is 1. The monoisotopic (exact) mass is 521 g/mol. The molecule has 1 fully saturated rings. The van der Waals surface area contributed by atoms with Gasteiger partial charge in [0, 0.05) is 6.92 Å². The summed E-state index contributed by atoms with van der Waals surface area (Å²) in [6, 6.07) is 26.3. The molecule has 3 aromatic carbocycles. The van der Waals surface area contributed by atoms with Gasteiger partial charge in [0.25, 0.3) is 0 Å². The van der Waals surface area contributed by atoms with Crippen molar-refractivity contribution in [1.29, 1.82) is 0 Å². The second-order valence-corrected chi connectivity index (χ2v) is 9.18. The van der Waals surface area contributed by atoms with Crippen molar-refractivity contribution >= 4 is 5.91 Å². The minimum absolute atomic E-state index is 0.153. The standard InChI is InChI=1S/C30H35NO7/c1-21(32)31-27-29(37-19-23-11-7-4-8-12-23)28(36-18-22-9-5-3-6-10-22)26(38-30(27)33)20-35-17-24-13-15-25(34-2)16-14-24/h3-16,26-30,33H,17-20H2,1-2H3,(H,31,32)/t26-,27-,28-,29-,30+/m1/s1. The summed E-state index contributed by atoms with van der Waals surface area (Å²) < 4.78 is 29.8. The molecular formula is C30H35NO7. The van der Waals surface area contributed by atoms with Crippen LogP contribution in [0.1, 0.15) is 23.6 Å². The van der Waals surface area contributed by atoms with Crippen LogP contribution in [0.4, 0.5) is 0 Å². The highest BCUT2D eigenvalue weighted by molar-refractivity contribution is 5.73. The van der Waals surface area contributed by atoms with Crippen molar-refractivity contribution < 1.29 is 33.6 Å². The summed E-state index contributed by atoms with van der Waals surface area (Å²) in [5.41, 5.74) is 2.91. The molecule has 4 rings (SSSR count). The highest BCUT2D eigenvalue weighted by Gasteiger charge is 2.47. The van der Waals surface area contributed by atoms with Gasteiger partial charge in [0.15, 0.2) is 6.29 Å². The van der Waals surface area contributed by atoms with Gasteiger partial charge in [0.1, 0.15) is 30.1 Å². The number of hydrogen-bond donors (Lipinski definition) is 2. The Morgan fingerprint density at radius 2 is 1.37 bits per heavy atom. The van der Waals surface area contributed by atoms with Gasteiger partial charge in [0.2, 0.25) is 5.91 Å². The number of amides is 1. The lowest BCUT2D eigenvalue weighted by atomic mass is 9.96. The zero-order valence-electron chi connectivity index (χ0n) is 21.7. The molecule has 0 unspecified atom stereocenters. The lowest BCUT2D eigenvalue weighted by molar-refractivity contribution is -0.277. The molecule has 0 saturated carbocycles. The quantitative estimate of drug-likeness (QED) is 0.376. The second kappa shape index (κ2) is 14.0. The molecule has 3 aromatic rings. The highest BCUT2D eigenvalue weighted by Crippen LogP contribution is 2.28. The van der Waals surface area contributed by atoms with Gasteiger partial charge in [-0.25, -0.2) is 0 Å². The number of carbonyl (C=O) groups excluding carboxylic acids is 1. The van der Waals surface area contributed by atoms with Gasteiger partial charge < -0.3 is 34.1 Å². The van der Waals surface area contributed by atoms with Crippen LogP contribution < -0.4 is 10.1 Å². The first-order valence-corrected chi connectivity index (χ1v) is 12.7. The number of aliphatic hydroxyl groups excluding tert-OH is 1. The average Bonchev–Trinajstić information content (AvgIpc) is 2.94. The van der Waals surface area contributed by atoms with Gasteiger partial charge in [-0.3, -0.25) is 4.79 Å². The van der Waals surface area contributed by atoms with Gasteiger partial charge in [0.05, 0.1) is 33.5 Å². The molecule has 1 aliphatic heterocycles. The van der Waals surface area contributed by atoms with Crippen molar-refractivity contribution in [3.8, 4) is 5.75 Å². The molecule has 202 valence electrons. The Balaban J connectivity index is 1.52. The van der Waals surface area contributed by atoms with Gasteiger partial charge >= 0.3 is 0 Å². The van der Waals surface area contributed by atoms with Crippen molar-refractivity contribution in [2.75, 3.05) is 13.7 Å². The number of nitrogens with one attached hydrogen (secondary N) is 1. The Morgan fingerprint density at radius 3 is 1.92 bits per heavy atom. The largest absolute Gasteiger partial charge is 0.497 e. The minimum atomic E-state index is -1.30. The molecule has 38 heavy (non-hydrogen) atoms. The first-order valence-electron chi connectivity index (χ1n) is 12.7. The van der Waals surface area contributed by atoms with E-state index in [2.05, 4.69) is 5.32 Å². The number of rotatable bonds is 12. The lowest BCUT2D eigenvalue weighted by Gasteiger charge is -2.44. The maximum absolute atomic E-state index is 12.0. The third-order valence-corrected chi connectivity index (χ3v) is 6.32. The Bertz CT molecular complexity index is 1110. The van der Waals surface area contributed by atoms with Gasteiger partial charge in [-0.05, 0) is 28.8 Å². The molecule has 8 nitrogen and oxygen atoms in total. The first-order chi connectivity index (χ1) is 18.5. The average molecular weight is 522 g/mol. The van der Waals surface area contributed by atoms with Gasteiger partial charge in [-0.2, -0.15) is 0 Å². The van der Waals surface area contributed by atoms with Crippen LogP contribution in [-0.2, 0) is 43.6 Å². The van der Waals surface area contributed by atoms with E-state index in [1.54, 1.807) is 7.11 Å². The molecule has 0 spiro atoms. The number of hydrogen-bond acceptors (Lipinski definition) is 7. The Labute approximate surface area is 223 Å². The Morgan fingerprint density at radius 1 is 0.816 bits per heavy atom. The molecule has 0 aliphatic carbocycles.